The number of nitrogens with one attached hydrogen (secondary N) is 2. The van der Waals surface area contributed by atoms with Crippen molar-refractivity contribution in [2.75, 3.05) is 6.54 Å². The van der Waals surface area contributed by atoms with E-state index in [1.807, 2.05) is 12.3 Å². The van der Waals surface area contributed by atoms with E-state index in [1.165, 1.54) is 0 Å². The Bertz CT molecular complexity index is 457. The molecular weight excluding hydrogens is 274 g/mol. The summed E-state index contributed by atoms with van der Waals surface area (Å²) in [6.45, 7) is 8.44. The van der Waals surface area contributed by atoms with Gasteiger partial charge < -0.3 is 10.6 Å². The van der Waals surface area contributed by atoms with Gasteiger partial charge >= 0.3 is 0 Å². The molecule has 0 bridgehead atoms. The van der Waals surface area contributed by atoms with Crippen molar-refractivity contribution < 1.29 is 9.59 Å². The van der Waals surface area contributed by atoms with E-state index in [4.69, 9.17) is 0 Å². The minimum Gasteiger partial charge on any atom is -0.354 e. The SMILES string of the molecule is CCCNC(=O)[C@@H](C)NC(=O)Cc1csc(C(C)C)n1. The van der Waals surface area contributed by atoms with Gasteiger partial charge in [-0.05, 0) is 13.3 Å². The Labute approximate surface area is 124 Å². The topological polar surface area (TPSA) is 71.1 Å². The number of carbonyl (C=O) groups is 2. The van der Waals surface area contributed by atoms with Crippen molar-refractivity contribution in [3.63, 3.8) is 0 Å². The van der Waals surface area contributed by atoms with Crippen LogP contribution < -0.4 is 10.6 Å². The van der Waals surface area contributed by atoms with E-state index in [1.54, 1.807) is 18.3 Å². The molecule has 0 radical (unpaired) electrons. The summed E-state index contributed by atoms with van der Waals surface area (Å²) in [4.78, 5) is 27.9. The van der Waals surface area contributed by atoms with E-state index in [-0.39, 0.29) is 18.2 Å². The average molecular weight is 297 g/mol. The minimum absolute atomic E-state index is 0.152. The number of amides is 2. The maximum absolute atomic E-state index is 11.9. The highest BCUT2D eigenvalue weighted by molar-refractivity contribution is 7.09. The monoisotopic (exact) mass is 297 g/mol. The Morgan fingerprint density at radius 3 is 2.60 bits per heavy atom. The molecule has 1 aromatic heterocycles. The van der Waals surface area contributed by atoms with E-state index in [0.717, 1.165) is 17.1 Å². The molecule has 6 heteroatoms. The number of hydrogen-bond donors (Lipinski definition) is 2. The van der Waals surface area contributed by atoms with Crippen LogP contribution in [0.15, 0.2) is 5.38 Å². The molecule has 20 heavy (non-hydrogen) atoms. The predicted octanol–water partition coefficient (Wildman–Crippen LogP) is 1.84. The van der Waals surface area contributed by atoms with Crippen LogP contribution in [0, 0.1) is 0 Å². The number of hydrogen-bond acceptors (Lipinski definition) is 4. The van der Waals surface area contributed by atoms with Gasteiger partial charge in [0.25, 0.3) is 0 Å². The molecule has 0 aliphatic heterocycles. The van der Waals surface area contributed by atoms with Gasteiger partial charge in [-0.3, -0.25) is 9.59 Å². The van der Waals surface area contributed by atoms with Gasteiger partial charge in [-0.15, -0.1) is 11.3 Å². The Kier molecular flexibility index (Phi) is 6.64. The maximum Gasteiger partial charge on any atom is 0.242 e. The van der Waals surface area contributed by atoms with Gasteiger partial charge in [0.05, 0.1) is 17.1 Å². The molecule has 1 heterocycles. The predicted molar refractivity (Wildman–Crippen MR) is 80.8 cm³/mol. The third-order valence-corrected chi connectivity index (χ3v) is 3.92. The molecule has 0 unspecified atom stereocenters. The zero-order valence-electron chi connectivity index (χ0n) is 12.5. The zero-order valence-corrected chi connectivity index (χ0v) is 13.3. The lowest BCUT2D eigenvalue weighted by atomic mass is 10.2. The smallest absolute Gasteiger partial charge is 0.242 e. The molecular formula is C14H23N3O2S. The summed E-state index contributed by atoms with van der Waals surface area (Å²) in [5.41, 5.74) is 0.761. The van der Waals surface area contributed by atoms with Crippen LogP contribution >= 0.6 is 11.3 Å². The molecule has 0 aliphatic rings. The molecule has 112 valence electrons. The third kappa shape index (κ3) is 5.28. The molecule has 2 N–H and O–H groups in total. The van der Waals surface area contributed by atoms with Crippen molar-refractivity contribution in [1.29, 1.82) is 0 Å². The molecule has 1 aromatic rings. The molecule has 0 spiro atoms. The van der Waals surface area contributed by atoms with Crippen LogP contribution in [0.5, 0.6) is 0 Å². The van der Waals surface area contributed by atoms with Crippen LogP contribution in [-0.4, -0.2) is 29.4 Å². The standard InChI is InChI=1S/C14H23N3O2S/c1-5-6-15-13(19)10(4)16-12(18)7-11-8-20-14(17-11)9(2)3/h8-10H,5-7H2,1-4H3,(H,15,19)(H,16,18)/t10-/m1/s1. The van der Waals surface area contributed by atoms with Crippen molar-refractivity contribution in [1.82, 2.24) is 15.6 Å². The first-order valence-corrected chi connectivity index (χ1v) is 7.83. The van der Waals surface area contributed by atoms with Crippen molar-refractivity contribution in [3.8, 4) is 0 Å². The van der Waals surface area contributed by atoms with Gasteiger partial charge in [0, 0.05) is 17.8 Å². The summed E-state index contributed by atoms with van der Waals surface area (Å²) < 4.78 is 0. The highest BCUT2D eigenvalue weighted by atomic mass is 32.1. The lowest BCUT2D eigenvalue weighted by Crippen LogP contribution is -2.45. The zero-order chi connectivity index (χ0) is 15.1. The normalized spacial score (nSPS) is 12.2. The van der Waals surface area contributed by atoms with Crippen molar-refractivity contribution in [3.05, 3.63) is 16.1 Å². The number of rotatable bonds is 7. The molecule has 0 fully saturated rings. The third-order valence-electron chi connectivity index (χ3n) is 2.73. The van der Waals surface area contributed by atoms with E-state index < -0.39 is 6.04 Å². The van der Waals surface area contributed by atoms with Gasteiger partial charge in [-0.2, -0.15) is 0 Å². The summed E-state index contributed by atoms with van der Waals surface area (Å²) in [7, 11) is 0. The van der Waals surface area contributed by atoms with Crippen LogP contribution in [0.2, 0.25) is 0 Å². The first-order chi connectivity index (χ1) is 9.43. The number of aromatic nitrogens is 1. The van der Waals surface area contributed by atoms with Gasteiger partial charge in [0.2, 0.25) is 11.8 Å². The highest BCUT2D eigenvalue weighted by Gasteiger charge is 2.16. The fourth-order valence-corrected chi connectivity index (χ4v) is 2.43. The quantitative estimate of drug-likeness (QED) is 0.806. The fraction of sp³-hybridized carbons (Fsp3) is 0.643. The Morgan fingerprint density at radius 2 is 2.05 bits per heavy atom. The van der Waals surface area contributed by atoms with E-state index >= 15 is 0 Å². The number of nitrogens with zero attached hydrogens (tertiary/aromatic N) is 1. The van der Waals surface area contributed by atoms with Crippen molar-refractivity contribution >= 4 is 23.2 Å². The van der Waals surface area contributed by atoms with Gasteiger partial charge in [0.15, 0.2) is 0 Å². The molecule has 5 nitrogen and oxygen atoms in total. The molecule has 0 aliphatic carbocycles. The van der Waals surface area contributed by atoms with Gasteiger partial charge in [-0.25, -0.2) is 4.98 Å². The lowest BCUT2D eigenvalue weighted by molar-refractivity contribution is -0.128. The van der Waals surface area contributed by atoms with Crippen LogP contribution in [0.1, 0.15) is 50.7 Å². The van der Waals surface area contributed by atoms with Crippen LogP contribution in [0.3, 0.4) is 0 Å². The summed E-state index contributed by atoms with van der Waals surface area (Å²) in [5.74, 6) is 0.0432. The summed E-state index contributed by atoms with van der Waals surface area (Å²) in [6, 6.07) is -0.516. The first-order valence-electron chi connectivity index (χ1n) is 6.95. The maximum atomic E-state index is 11.9. The van der Waals surface area contributed by atoms with Crippen LogP contribution in [0.25, 0.3) is 0 Å². The second-order valence-corrected chi connectivity index (χ2v) is 5.98. The molecule has 1 atom stereocenters. The van der Waals surface area contributed by atoms with Gasteiger partial charge in [0.1, 0.15) is 6.04 Å². The Balaban J connectivity index is 2.44. The van der Waals surface area contributed by atoms with E-state index in [2.05, 4.69) is 29.5 Å². The molecule has 0 saturated heterocycles. The highest BCUT2D eigenvalue weighted by Crippen LogP contribution is 2.19. The number of carbonyl (C=O) groups excluding carboxylic acids is 2. The molecule has 2 amide bonds. The van der Waals surface area contributed by atoms with Crippen molar-refractivity contribution in [2.45, 2.75) is 52.5 Å². The van der Waals surface area contributed by atoms with E-state index in [9.17, 15) is 9.59 Å². The Hall–Kier alpha value is -1.43. The van der Waals surface area contributed by atoms with E-state index in [0.29, 0.717) is 12.5 Å². The second-order valence-electron chi connectivity index (χ2n) is 5.09. The first kappa shape index (κ1) is 16.6. The summed E-state index contributed by atoms with van der Waals surface area (Å²) in [6.07, 6.45) is 1.10. The summed E-state index contributed by atoms with van der Waals surface area (Å²) >= 11 is 1.57. The molecule has 0 saturated carbocycles. The molecule has 1 rings (SSSR count). The fourth-order valence-electron chi connectivity index (χ4n) is 1.59. The average Bonchev–Trinajstić information content (AvgIpc) is 2.84. The minimum atomic E-state index is -0.516. The Morgan fingerprint density at radius 1 is 1.35 bits per heavy atom. The number of thiazole rings is 1. The molecule has 0 aromatic carbocycles. The second kappa shape index (κ2) is 7.99. The van der Waals surface area contributed by atoms with Crippen molar-refractivity contribution in [2.24, 2.45) is 0 Å². The van der Waals surface area contributed by atoms with Crippen LogP contribution in [-0.2, 0) is 16.0 Å². The largest absolute Gasteiger partial charge is 0.354 e. The summed E-state index contributed by atoms with van der Waals surface area (Å²) in [5, 5.41) is 8.37. The lowest BCUT2D eigenvalue weighted by Gasteiger charge is -2.13. The van der Waals surface area contributed by atoms with Gasteiger partial charge in [-0.1, -0.05) is 20.8 Å². The van der Waals surface area contributed by atoms with Crippen LogP contribution in [0.4, 0.5) is 0 Å².